The van der Waals surface area contributed by atoms with Crippen LogP contribution in [0.15, 0.2) is 48.8 Å². The zero-order valence-electron chi connectivity index (χ0n) is 15.4. The highest BCUT2D eigenvalue weighted by atomic mass is 16.5. The van der Waals surface area contributed by atoms with Gasteiger partial charge in [-0.25, -0.2) is 4.98 Å². The molecule has 2 heterocycles. The molecule has 138 valence electrons. The third-order valence-electron chi connectivity index (χ3n) is 3.93. The van der Waals surface area contributed by atoms with Crippen molar-refractivity contribution >= 4 is 29.6 Å². The average Bonchev–Trinajstić information content (AvgIpc) is 3.09. The lowest BCUT2D eigenvalue weighted by Crippen LogP contribution is -2.05. The van der Waals surface area contributed by atoms with Crippen LogP contribution < -0.4 is 0 Å². The third-order valence-corrected chi connectivity index (χ3v) is 3.93. The van der Waals surface area contributed by atoms with Crippen LogP contribution in [0, 0.1) is 10.8 Å². The molecule has 0 atom stereocenters. The minimum absolute atomic E-state index is 0.155. The van der Waals surface area contributed by atoms with Crippen LogP contribution >= 0.6 is 0 Å². The summed E-state index contributed by atoms with van der Waals surface area (Å²) in [5, 5.41) is 15.7. The molecule has 0 radical (unpaired) electrons. The zero-order valence-corrected chi connectivity index (χ0v) is 15.4. The first-order valence-electron chi connectivity index (χ1n) is 8.81. The smallest absolute Gasteiger partial charge is 0.214 e. The average molecular weight is 362 g/mol. The Labute approximate surface area is 158 Å². The molecule has 1 aromatic carbocycles. The van der Waals surface area contributed by atoms with Gasteiger partial charge >= 0.3 is 0 Å². The largest absolute Gasteiger partial charge is 0.478 e. The van der Waals surface area contributed by atoms with Crippen LogP contribution in [0.5, 0.6) is 0 Å². The fourth-order valence-corrected chi connectivity index (χ4v) is 2.61. The topological polar surface area (TPSA) is 83.5 Å². The van der Waals surface area contributed by atoms with E-state index in [2.05, 4.69) is 4.98 Å². The van der Waals surface area contributed by atoms with Crippen LogP contribution in [0.4, 0.5) is 0 Å². The molecule has 3 rings (SSSR count). The lowest BCUT2D eigenvalue weighted by atomic mass is 10.1. The Morgan fingerprint density at radius 3 is 2.19 bits per heavy atom. The van der Waals surface area contributed by atoms with Crippen molar-refractivity contribution in [2.45, 2.75) is 13.8 Å². The van der Waals surface area contributed by atoms with Crippen molar-refractivity contribution < 1.29 is 9.47 Å². The van der Waals surface area contributed by atoms with Crippen molar-refractivity contribution in [3.63, 3.8) is 0 Å². The van der Waals surface area contributed by atoms with Crippen LogP contribution in [-0.2, 0) is 9.47 Å². The molecule has 27 heavy (non-hydrogen) atoms. The molecular formula is C21H22N4O2. The van der Waals surface area contributed by atoms with E-state index in [0.717, 1.165) is 22.5 Å². The van der Waals surface area contributed by atoms with Crippen molar-refractivity contribution in [1.29, 1.82) is 10.8 Å². The fraction of sp³-hybridized carbons (Fsp3) is 0.190. The van der Waals surface area contributed by atoms with Gasteiger partial charge in [-0.05, 0) is 49.8 Å². The first kappa shape index (κ1) is 18.4. The molecule has 0 spiro atoms. The predicted molar refractivity (Wildman–Crippen MR) is 107 cm³/mol. The van der Waals surface area contributed by atoms with Crippen LogP contribution in [0.3, 0.4) is 0 Å². The van der Waals surface area contributed by atoms with E-state index < -0.39 is 0 Å². The van der Waals surface area contributed by atoms with Crippen molar-refractivity contribution in [3.05, 3.63) is 71.2 Å². The molecule has 2 N–H and O–H groups in total. The van der Waals surface area contributed by atoms with Gasteiger partial charge in [0.1, 0.15) is 5.65 Å². The molecule has 0 amide bonds. The highest BCUT2D eigenvalue weighted by Gasteiger charge is 2.05. The number of rotatable bonds is 6. The highest BCUT2D eigenvalue weighted by molar-refractivity contribution is 5.92. The van der Waals surface area contributed by atoms with Crippen molar-refractivity contribution in [2.24, 2.45) is 0 Å². The van der Waals surface area contributed by atoms with E-state index >= 15 is 0 Å². The molecule has 0 unspecified atom stereocenters. The normalized spacial score (nSPS) is 11.0. The van der Waals surface area contributed by atoms with Gasteiger partial charge in [0, 0.05) is 18.0 Å². The number of nitrogens with zero attached hydrogens (tertiary/aromatic N) is 2. The summed E-state index contributed by atoms with van der Waals surface area (Å²) in [5.74, 6) is 0.338. The summed E-state index contributed by atoms with van der Waals surface area (Å²) >= 11 is 0. The van der Waals surface area contributed by atoms with Crippen molar-refractivity contribution in [1.82, 2.24) is 9.38 Å². The summed E-state index contributed by atoms with van der Waals surface area (Å²) < 4.78 is 12.3. The molecule has 0 fully saturated rings. The van der Waals surface area contributed by atoms with Gasteiger partial charge in [-0.2, -0.15) is 0 Å². The molecule has 0 saturated heterocycles. The maximum atomic E-state index is 7.88. The van der Waals surface area contributed by atoms with Crippen LogP contribution in [0.1, 0.15) is 36.2 Å². The minimum Gasteiger partial charge on any atom is -0.478 e. The second-order valence-corrected chi connectivity index (χ2v) is 5.83. The van der Waals surface area contributed by atoms with Gasteiger partial charge in [-0.15, -0.1) is 0 Å². The van der Waals surface area contributed by atoms with Gasteiger partial charge in [0.2, 0.25) is 11.8 Å². The van der Waals surface area contributed by atoms with Gasteiger partial charge in [0.25, 0.3) is 0 Å². The zero-order chi connectivity index (χ0) is 19.2. The Kier molecular flexibility index (Phi) is 5.66. The number of pyridine rings is 1. The van der Waals surface area contributed by atoms with E-state index in [1.54, 1.807) is 0 Å². The number of hydrogen-bond acceptors (Lipinski definition) is 5. The minimum atomic E-state index is 0.155. The summed E-state index contributed by atoms with van der Waals surface area (Å²) in [6, 6.07) is 11.3. The number of fused-ring (bicyclic) bond motifs is 1. The first-order valence-corrected chi connectivity index (χ1v) is 8.81. The highest BCUT2D eigenvalue weighted by Crippen LogP contribution is 2.13. The van der Waals surface area contributed by atoms with Crippen LogP contribution in [0.2, 0.25) is 0 Å². The molecule has 6 nitrogen and oxygen atoms in total. The number of ether oxygens (including phenoxy) is 2. The number of imidazole rings is 1. The van der Waals surface area contributed by atoms with Gasteiger partial charge in [-0.3, -0.25) is 10.8 Å². The predicted octanol–water partition coefficient (Wildman–Crippen LogP) is 4.23. The molecule has 6 heteroatoms. The van der Waals surface area contributed by atoms with E-state index in [4.69, 9.17) is 20.3 Å². The maximum absolute atomic E-state index is 7.88. The summed E-state index contributed by atoms with van der Waals surface area (Å²) in [6.45, 7) is 4.68. The molecule has 2 aromatic heterocycles. The molecule has 0 bridgehead atoms. The third kappa shape index (κ3) is 4.41. The number of aromatic nitrogens is 2. The van der Waals surface area contributed by atoms with E-state index in [0.29, 0.717) is 18.8 Å². The van der Waals surface area contributed by atoms with Crippen LogP contribution in [-0.4, -0.2) is 34.4 Å². The Hall–Kier alpha value is -3.41. The Morgan fingerprint density at radius 1 is 0.889 bits per heavy atom. The molecular weight excluding hydrogens is 340 g/mol. The molecule has 0 aliphatic carbocycles. The summed E-state index contributed by atoms with van der Waals surface area (Å²) in [6.07, 6.45) is 7.65. The Bertz CT molecular complexity index is 987. The van der Waals surface area contributed by atoms with E-state index in [1.807, 2.05) is 79.2 Å². The second kappa shape index (κ2) is 8.31. The quantitative estimate of drug-likeness (QED) is 0.508. The van der Waals surface area contributed by atoms with E-state index in [9.17, 15) is 0 Å². The Balaban J connectivity index is 1.76. The van der Waals surface area contributed by atoms with Gasteiger partial charge < -0.3 is 13.9 Å². The molecule has 0 saturated carbocycles. The Morgan fingerprint density at radius 2 is 1.52 bits per heavy atom. The number of nitrogens with one attached hydrogen (secondary N) is 2. The van der Waals surface area contributed by atoms with E-state index in [1.165, 1.54) is 0 Å². The second-order valence-electron chi connectivity index (χ2n) is 5.83. The van der Waals surface area contributed by atoms with Gasteiger partial charge in [-0.1, -0.05) is 18.2 Å². The standard InChI is InChI=1S/C21H22N4O2/c1-3-26-20(22)16-8-5-15(6-9-16)7-11-18-14-25-13-17(21(23)27-4-2)10-12-19(25)24-18/h5-14,22-23H,3-4H2,1-2H3/b11-7+,22-20?,23-21?. The number of hydrogen-bond donors (Lipinski definition) is 2. The lowest BCUT2D eigenvalue weighted by Gasteiger charge is -2.04. The SMILES string of the molecule is CCOC(=N)c1ccc(/C=C/c2cn3cc(C(=N)OCC)ccc3n2)cc1. The molecule has 0 aliphatic rings. The summed E-state index contributed by atoms with van der Waals surface area (Å²) in [7, 11) is 0. The first-order chi connectivity index (χ1) is 13.1. The summed E-state index contributed by atoms with van der Waals surface area (Å²) in [5.41, 5.74) is 4.11. The van der Waals surface area contributed by atoms with Crippen molar-refractivity contribution in [3.8, 4) is 0 Å². The lowest BCUT2D eigenvalue weighted by molar-refractivity contribution is 0.325. The van der Waals surface area contributed by atoms with Gasteiger partial charge in [0.05, 0.1) is 24.5 Å². The van der Waals surface area contributed by atoms with Crippen molar-refractivity contribution in [2.75, 3.05) is 13.2 Å². The summed E-state index contributed by atoms with van der Waals surface area (Å²) in [4.78, 5) is 4.56. The van der Waals surface area contributed by atoms with E-state index in [-0.39, 0.29) is 11.8 Å². The van der Waals surface area contributed by atoms with Crippen LogP contribution in [0.25, 0.3) is 17.8 Å². The van der Waals surface area contributed by atoms with Gasteiger partial charge in [0.15, 0.2) is 0 Å². The molecule has 3 aromatic rings. The molecule has 0 aliphatic heterocycles. The monoisotopic (exact) mass is 362 g/mol. The number of benzene rings is 1. The maximum Gasteiger partial charge on any atom is 0.214 e. The fourth-order valence-electron chi connectivity index (χ4n) is 2.61.